The second-order valence-corrected chi connectivity index (χ2v) is 7.55. The number of rotatable bonds is 7. The first kappa shape index (κ1) is 20.3. The standard InChI is InChI=1S/C24H28N4O2/c1-2-27-13-15-28(16-14-27)22(19-9-5-3-6-10-19)18-25-24(29)21-17-23(30-26-21)20-11-7-4-8-12-20/h3-12,17,22H,2,13-16,18H2,1H3,(H,25,29). The van der Waals surface area contributed by atoms with Gasteiger partial charge in [0.1, 0.15) is 0 Å². The maximum Gasteiger partial charge on any atom is 0.273 e. The molecule has 0 saturated carbocycles. The van der Waals surface area contributed by atoms with E-state index in [4.69, 9.17) is 4.52 Å². The summed E-state index contributed by atoms with van der Waals surface area (Å²) in [5.41, 5.74) is 2.42. The minimum absolute atomic E-state index is 0.134. The molecular weight excluding hydrogens is 376 g/mol. The molecule has 6 heteroatoms. The molecule has 1 unspecified atom stereocenters. The van der Waals surface area contributed by atoms with Crippen LogP contribution in [0.3, 0.4) is 0 Å². The highest BCUT2D eigenvalue weighted by atomic mass is 16.5. The smallest absolute Gasteiger partial charge is 0.273 e. The highest BCUT2D eigenvalue weighted by Crippen LogP contribution is 2.23. The van der Waals surface area contributed by atoms with Gasteiger partial charge < -0.3 is 14.7 Å². The molecule has 156 valence electrons. The molecule has 1 aromatic heterocycles. The molecule has 1 amide bonds. The van der Waals surface area contributed by atoms with E-state index in [0.29, 0.717) is 18.0 Å². The van der Waals surface area contributed by atoms with Gasteiger partial charge in [-0.15, -0.1) is 0 Å². The van der Waals surface area contributed by atoms with Gasteiger partial charge in [0.15, 0.2) is 11.5 Å². The summed E-state index contributed by atoms with van der Waals surface area (Å²) in [5, 5.41) is 7.04. The molecule has 1 saturated heterocycles. The van der Waals surface area contributed by atoms with Gasteiger partial charge in [-0.1, -0.05) is 72.7 Å². The summed E-state index contributed by atoms with van der Waals surface area (Å²) in [4.78, 5) is 17.7. The molecule has 0 bridgehead atoms. The highest BCUT2D eigenvalue weighted by Gasteiger charge is 2.25. The Morgan fingerprint density at radius 1 is 1.03 bits per heavy atom. The molecule has 0 radical (unpaired) electrons. The first-order valence-corrected chi connectivity index (χ1v) is 10.6. The van der Waals surface area contributed by atoms with Gasteiger partial charge in [0.2, 0.25) is 0 Å². The summed E-state index contributed by atoms with van der Waals surface area (Å²) >= 11 is 0. The Labute approximate surface area is 177 Å². The molecule has 30 heavy (non-hydrogen) atoms. The average Bonchev–Trinajstić information content (AvgIpc) is 3.31. The van der Waals surface area contributed by atoms with Gasteiger partial charge in [-0.3, -0.25) is 9.69 Å². The quantitative estimate of drug-likeness (QED) is 0.654. The third kappa shape index (κ3) is 4.78. The van der Waals surface area contributed by atoms with Gasteiger partial charge in [-0.25, -0.2) is 0 Å². The number of carbonyl (C=O) groups excluding carboxylic acids is 1. The van der Waals surface area contributed by atoms with Crippen molar-refractivity contribution in [2.45, 2.75) is 13.0 Å². The van der Waals surface area contributed by atoms with Crippen molar-refractivity contribution in [1.29, 1.82) is 0 Å². The molecule has 1 fully saturated rings. The van der Waals surface area contributed by atoms with Crippen LogP contribution in [0.1, 0.15) is 29.0 Å². The zero-order valence-electron chi connectivity index (χ0n) is 17.3. The van der Waals surface area contributed by atoms with Crippen molar-refractivity contribution < 1.29 is 9.32 Å². The predicted molar refractivity (Wildman–Crippen MR) is 117 cm³/mol. The fourth-order valence-corrected chi connectivity index (χ4v) is 3.92. The summed E-state index contributed by atoms with van der Waals surface area (Å²) < 4.78 is 5.38. The molecule has 1 N–H and O–H groups in total. The van der Waals surface area contributed by atoms with E-state index < -0.39 is 0 Å². The van der Waals surface area contributed by atoms with Gasteiger partial charge >= 0.3 is 0 Å². The van der Waals surface area contributed by atoms with Crippen LogP contribution in [-0.2, 0) is 0 Å². The Hall–Kier alpha value is -2.96. The van der Waals surface area contributed by atoms with Gasteiger partial charge in [-0.05, 0) is 12.1 Å². The number of hydrogen-bond acceptors (Lipinski definition) is 5. The molecule has 2 heterocycles. The van der Waals surface area contributed by atoms with Crippen LogP contribution in [0.5, 0.6) is 0 Å². The molecule has 0 spiro atoms. The fraction of sp³-hybridized carbons (Fsp3) is 0.333. The minimum Gasteiger partial charge on any atom is -0.355 e. The van der Waals surface area contributed by atoms with Crippen LogP contribution in [0.25, 0.3) is 11.3 Å². The number of hydrogen-bond donors (Lipinski definition) is 1. The second kappa shape index (κ2) is 9.69. The Morgan fingerprint density at radius 3 is 2.37 bits per heavy atom. The summed E-state index contributed by atoms with van der Waals surface area (Å²) in [7, 11) is 0. The van der Waals surface area contributed by atoms with Crippen molar-refractivity contribution in [2.24, 2.45) is 0 Å². The number of amides is 1. The Balaban J connectivity index is 1.43. The van der Waals surface area contributed by atoms with Crippen molar-refractivity contribution in [3.05, 3.63) is 78.0 Å². The zero-order valence-corrected chi connectivity index (χ0v) is 17.3. The number of nitrogens with zero attached hydrogens (tertiary/aromatic N) is 3. The third-order valence-corrected chi connectivity index (χ3v) is 5.74. The third-order valence-electron chi connectivity index (χ3n) is 5.74. The van der Waals surface area contributed by atoms with E-state index in [1.807, 2.05) is 36.4 Å². The summed E-state index contributed by atoms with van der Waals surface area (Å²) in [6.45, 7) is 7.90. The molecule has 2 aromatic carbocycles. The van der Waals surface area contributed by atoms with E-state index in [1.54, 1.807) is 6.07 Å². The lowest BCUT2D eigenvalue weighted by Gasteiger charge is -2.39. The first-order chi connectivity index (χ1) is 14.7. The lowest BCUT2D eigenvalue weighted by molar-refractivity contribution is 0.0849. The second-order valence-electron chi connectivity index (χ2n) is 7.55. The van der Waals surface area contributed by atoms with Gasteiger partial charge in [-0.2, -0.15) is 0 Å². The van der Waals surface area contributed by atoms with Crippen molar-refractivity contribution in [3.63, 3.8) is 0 Å². The van der Waals surface area contributed by atoms with E-state index >= 15 is 0 Å². The number of carbonyl (C=O) groups is 1. The highest BCUT2D eigenvalue weighted by molar-refractivity contribution is 5.93. The molecule has 1 aliphatic rings. The number of nitrogens with one attached hydrogen (secondary N) is 1. The maximum absolute atomic E-state index is 12.7. The molecule has 1 aliphatic heterocycles. The number of aromatic nitrogens is 1. The minimum atomic E-state index is -0.214. The Bertz CT molecular complexity index is 934. The van der Waals surface area contributed by atoms with Crippen LogP contribution in [0.15, 0.2) is 71.3 Å². The topological polar surface area (TPSA) is 61.6 Å². The summed E-state index contributed by atoms with van der Waals surface area (Å²) in [6, 6.07) is 21.9. The normalized spacial score (nSPS) is 16.3. The average molecular weight is 405 g/mol. The zero-order chi connectivity index (χ0) is 20.8. The van der Waals surface area contributed by atoms with Crippen LogP contribution in [0.2, 0.25) is 0 Å². The van der Waals surface area contributed by atoms with Crippen LogP contribution < -0.4 is 5.32 Å². The summed E-state index contributed by atoms with van der Waals surface area (Å²) in [5.74, 6) is 0.380. The van der Waals surface area contributed by atoms with E-state index in [2.05, 4.69) is 51.5 Å². The predicted octanol–water partition coefficient (Wildman–Crippen LogP) is 3.45. The van der Waals surface area contributed by atoms with Gasteiger partial charge in [0.05, 0.1) is 6.04 Å². The van der Waals surface area contributed by atoms with E-state index in [9.17, 15) is 4.79 Å². The molecular formula is C24H28N4O2. The van der Waals surface area contributed by atoms with E-state index in [0.717, 1.165) is 38.3 Å². The van der Waals surface area contributed by atoms with Crippen molar-refractivity contribution >= 4 is 5.91 Å². The van der Waals surface area contributed by atoms with Crippen molar-refractivity contribution in [1.82, 2.24) is 20.3 Å². The van der Waals surface area contributed by atoms with E-state index in [1.165, 1.54) is 5.56 Å². The summed E-state index contributed by atoms with van der Waals surface area (Å²) in [6.07, 6.45) is 0. The Kier molecular flexibility index (Phi) is 6.57. The lowest BCUT2D eigenvalue weighted by Crippen LogP contribution is -2.49. The van der Waals surface area contributed by atoms with Crippen molar-refractivity contribution in [2.75, 3.05) is 39.3 Å². The van der Waals surface area contributed by atoms with Crippen molar-refractivity contribution in [3.8, 4) is 11.3 Å². The molecule has 3 aromatic rings. The number of piperazine rings is 1. The van der Waals surface area contributed by atoms with Crippen LogP contribution >= 0.6 is 0 Å². The van der Waals surface area contributed by atoms with E-state index in [-0.39, 0.29) is 11.9 Å². The Morgan fingerprint density at radius 2 is 1.70 bits per heavy atom. The van der Waals surface area contributed by atoms with Crippen LogP contribution in [-0.4, -0.2) is 60.1 Å². The van der Waals surface area contributed by atoms with Gasteiger partial charge in [0.25, 0.3) is 5.91 Å². The first-order valence-electron chi connectivity index (χ1n) is 10.6. The number of likely N-dealkylation sites (N-methyl/N-ethyl adjacent to an activating group) is 1. The molecule has 1 atom stereocenters. The molecule has 4 rings (SSSR count). The maximum atomic E-state index is 12.7. The van der Waals surface area contributed by atoms with Crippen LogP contribution in [0, 0.1) is 0 Å². The largest absolute Gasteiger partial charge is 0.355 e. The molecule has 6 nitrogen and oxygen atoms in total. The lowest BCUT2D eigenvalue weighted by atomic mass is 10.0. The monoisotopic (exact) mass is 404 g/mol. The number of benzene rings is 2. The fourth-order valence-electron chi connectivity index (χ4n) is 3.92. The van der Waals surface area contributed by atoms with Gasteiger partial charge in [0, 0.05) is 44.4 Å². The SMILES string of the molecule is CCN1CCN(C(CNC(=O)c2cc(-c3ccccc3)on2)c2ccccc2)CC1. The van der Waals surface area contributed by atoms with Crippen LogP contribution in [0.4, 0.5) is 0 Å². The molecule has 0 aliphatic carbocycles.